The fourth-order valence-corrected chi connectivity index (χ4v) is 10.7. The molecule has 1 heterocycles. The van der Waals surface area contributed by atoms with Gasteiger partial charge in [0.1, 0.15) is 0 Å². The third-order valence-electron chi connectivity index (χ3n) is 11.1. The summed E-state index contributed by atoms with van der Waals surface area (Å²) in [6, 6.07) is 0.0561. The van der Waals surface area contributed by atoms with Crippen LogP contribution in [0.4, 0.5) is 0 Å². The minimum atomic E-state index is -1.05. The average molecular weight is 438 g/mol. The summed E-state index contributed by atoms with van der Waals surface area (Å²) >= 11 is 0. The van der Waals surface area contributed by atoms with E-state index in [1.54, 1.807) is 21.3 Å². The van der Waals surface area contributed by atoms with Crippen molar-refractivity contribution in [2.24, 2.45) is 40.4 Å². The molecule has 5 aliphatic carbocycles. The van der Waals surface area contributed by atoms with Crippen LogP contribution in [-0.2, 0) is 14.2 Å². The third kappa shape index (κ3) is 2.12. The Balaban J connectivity index is 1.62. The summed E-state index contributed by atoms with van der Waals surface area (Å²) < 4.78 is 18.0. The molecule has 7 bridgehead atoms. The second-order valence-electron chi connectivity index (χ2n) is 11.6. The van der Waals surface area contributed by atoms with E-state index in [9.17, 15) is 15.3 Å². The lowest BCUT2D eigenvalue weighted by Gasteiger charge is -2.68. The molecule has 0 amide bonds. The van der Waals surface area contributed by atoms with Gasteiger partial charge in [-0.3, -0.25) is 4.90 Å². The first-order chi connectivity index (χ1) is 14.9. The van der Waals surface area contributed by atoms with Crippen LogP contribution in [0.2, 0.25) is 0 Å². The molecule has 5 saturated carbocycles. The van der Waals surface area contributed by atoms with Crippen molar-refractivity contribution in [1.29, 1.82) is 0 Å². The molecule has 13 atom stereocenters. The number of hydrogen-bond donors (Lipinski definition) is 3. The maximum absolute atomic E-state index is 12.5. The SMILES string of the molecule is CCN1C[C@]2(COC)CC[C@H](O)[C@]34C1[C@H]([C@@H](OC)[C@H]23)[C@@]1(O)C[C@H](OC)[C@H]2C[C@@H]4[C@@H]1[C@H]2O. The molecule has 1 unspecified atom stereocenters. The predicted molar refractivity (Wildman–Crippen MR) is 112 cm³/mol. The molecule has 7 nitrogen and oxygen atoms in total. The fourth-order valence-electron chi connectivity index (χ4n) is 10.7. The number of aliphatic hydroxyl groups excluding tert-OH is 2. The Labute approximate surface area is 185 Å². The normalized spacial score (nSPS) is 61.6. The topological polar surface area (TPSA) is 91.6 Å². The van der Waals surface area contributed by atoms with E-state index in [4.69, 9.17) is 14.2 Å². The lowest BCUT2D eigenvalue weighted by Crippen LogP contribution is -2.76. The molecule has 7 heteroatoms. The Hall–Kier alpha value is -0.280. The minimum Gasteiger partial charge on any atom is -0.392 e. The van der Waals surface area contributed by atoms with Crippen LogP contribution in [0, 0.1) is 40.4 Å². The van der Waals surface area contributed by atoms with Crippen molar-refractivity contribution in [1.82, 2.24) is 4.90 Å². The summed E-state index contributed by atoms with van der Waals surface area (Å²) in [5.41, 5.74) is -1.54. The van der Waals surface area contributed by atoms with Gasteiger partial charge in [0.05, 0.1) is 36.6 Å². The monoisotopic (exact) mass is 437 g/mol. The van der Waals surface area contributed by atoms with Gasteiger partial charge in [0.25, 0.3) is 0 Å². The highest BCUT2D eigenvalue weighted by atomic mass is 16.5. The van der Waals surface area contributed by atoms with Gasteiger partial charge in [-0.15, -0.1) is 0 Å². The molecular formula is C24H39NO6. The van der Waals surface area contributed by atoms with Gasteiger partial charge in [-0.2, -0.15) is 0 Å². The smallest absolute Gasteiger partial charge is 0.0796 e. The third-order valence-corrected chi connectivity index (χ3v) is 11.1. The number of nitrogens with zero attached hydrogens (tertiary/aromatic N) is 1. The second kappa shape index (κ2) is 6.65. The maximum Gasteiger partial charge on any atom is 0.0796 e. The lowest BCUT2D eigenvalue weighted by atomic mass is 9.43. The van der Waals surface area contributed by atoms with Gasteiger partial charge in [0.2, 0.25) is 0 Å². The minimum absolute atomic E-state index is 0.0248. The molecule has 0 aromatic rings. The van der Waals surface area contributed by atoms with Gasteiger partial charge in [-0.1, -0.05) is 6.92 Å². The number of fused-ring (bicyclic) bond motifs is 2. The molecular weight excluding hydrogens is 398 g/mol. The van der Waals surface area contributed by atoms with Crippen molar-refractivity contribution in [3.63, 3.8) is 0 Å². The van der Waals surface area contributed by atoms with E-state index >= 15 is 0 Å². The largest absolute Gasteiger partial charge is 0.392 e. The maximum atomic E-state index is 12.5. The summed E-state index contributed by atoms with van der Waals surface area (Å²) in [6.45, 7) is 4.63. The summed E-state index contributed by atoms with van der Waals surface area (Å²) in [5.74, 6) is -0.168. The van der Waals surface area contributed by atoms with Crippen molar-refractivity contribution >= 4 is 0 Å². The van der Waals surface area contributed by atoms with Crippen LogP contribution in [0.15, 0.2) is 0 Å². The predicted octanol–water partition coefficient (Wildman–Crippen LogP) is 0.502. The highest BCUT2D eigenvalue weighted by Gasteiger charge is 2.86. The van der Waals surface area contributed by atoms with E-state index < -0.39 is 17.8 Å². The molecule has 0 aromatic carbocycles. The second-order valence-corrected chi connectivity index (χ2v) is 11.6. The molecule has 176 valence electrons. The molecule has 6 rings (SSSR count). The standard InChI is InChI=1S/C24H39NO6/c1-5-25-10-22(11-29-2)7-6-15(26)24-13-8-12-14(30-3)9-23(28,16(13)18(12)27)17(21(24)25)19(31-4)20(22)24/h12-21,26-28H,5-11H2,1-4H3/t12-,13-,14+,15+,16-,17+,18+,19-,20-,21?,22+,23-,24+/m1/s1. The Morgan fingerprint density at radius 1 is 1.10 bits per heavy atom. The molecule has 31 heavy (non-hydrogen) atoms. The van der Waals surface area contributed by atoms with Gasteiger partial charge in [0, 0.05) is 74.8 Å². The van der Waals surface area contributed by atoms with Crippen molar-refractivity contribution in [3.8, 4) is 0 Å². The molecule has 0 radical (unpaired) electrons. The summed E-state index contributed by atoms with van der Waals surface area (Å²) in [5, 5.41) is 35.7. The van der Waals surface area contributed by atoms with Gasteiger partial charge in [-0.25, -0.2) is 0 Å². The Morgan fingerprint density at radius 2 is 1.87 bits per heavy atom. The van der Waals surface area contributed by atoms with E-state index in [0.29, 0.717) is 13.0 Å². The summed E-state index contributed by atoms with van der Waals surface area (Å²) in [7, 11) is 5.24. The first-order valence-corrected chi connectivity index (χ1v) is 12.2. The van der Waals surface area contributed by atoms with Crippen LogP contribution in [0.3, 0.4) is 0 Å². The first kappa shape index (κ1) is 21.3. The highest BCUT2D eigenvalue weighted by Crippen LogP contribution is 2.79. The molecule has 6 fully saturated rings. The Kier molecular flexibility index (Phi) is 4.56. The number of piperidine rings is 1. The molecule has 1 saturated heterocycles. The fraction of sp³-hybridized carbons (Fsp3) is 1.00. The number of aliphatic hydroxyl groups is 3. The van der Waals surface area contributed by atoms with Gasteiger partial charge < -0.3 is 29.5 Å². The van der Waals surface area contributed by atoms with E-state index in [2.05, 4.69) is 11.8 Å². The molecule has 1 aliphatic heterocycles. The molecule has 6 aliphatic rings. The van der Waals surface area contributed by atoms with Crippen molar-refractivity contribution in [2.75, 3.05) is 41.0 Å². The van der Waals surface area contributed by atoms with Crippen molar-refractivity contribution < 1.29 is 29.5 Å². The van der Waals surface area contributed by atoms with Crippen LogP contribution in [0.1, 0.15) is 32.6 Å². The van der Waals surface area contributed by atoms with Crippen LogP contribution >= 0.6 is 0 Å². The van der Waals surface area contributed by atoms with Crippen LogP contribution in [-0.4, -0.2) is 97.3 Å². The van der Waals surface area contributed by atoms with E-state index in [1.165, 1.54) is 0 Å². The quantitative estimate of drug-likeness (QED) is 0.577. The lowest BCUT2D eigenvalue weighted by molar-refractivity contribution is -0.272. The number of likely N-dealkylation sites (tertiary alicyclic amines) is 1. The van der Waals surface area contributed by atoms with Crippen LogP contribution in [0.5, 0.6) is 0 Å². The van der Waals surface area contributed by atoms with Crippen LogP contribution in [0.25, 0.3) is 0 Å². The number of rotatable bonds is 5. The van der Waals surface area contributed by atoms with Gasteiger partial charge in [0.15, 0.2) is 0 Å². The zero-order valence-electron chi connectivity index (χ0n) is 19.2. The van der Waals surface area contributed by atoms with Crippen LogP contribution < -0.4 is 0 Å². The van der Waals surface area contributed by atoms with Crippen molar-refractivity contribution in [2.45, 2.75) is 68.7 Å². The van der Waals surface area contributed by atoms with E-state index in [1.807, 2.05) is 0 Å². The van der Waals surface area contributed by atoms with Gasteiger partial charge in [-0.05, 0) is 31.7 Å². The molecule has 1 spiro atoms. The Morgan fingerprint density at radius 3 is 2.52 bits per heavy atom. The number of ether oxygens (including phenoxy) is 3. The van der Waals surface area contributed by atoms with Crippen molar-refractivity contribution in [3.05, 3.63) is 0 Å². The summed E-state index contributed by atoms with van der Waals surface area (Å²) in [6.07, 6.45) is 1.65. The van der Waals surface area contributed by atoms with E-state index in [0.717, 1.165) is 32.4 Å². The number of methoxy groups -OCH3 is 3. The first-order valence-electron chi connectivity index (χ1n) is 12.2. The zero-order chi connectivity index (χ0) is 21.9. The van der Waals surface area contributed by atoms with Gasteiger partial charge >= 0.3 is 0 Å². The average Bonchev–Trinajstić information content (AvgIpc) is 3.16. The van der Waals surface area contributed by atoms with E-state index in [-0.39, 0.29) is 58.7 Å². The molecule has 3 N–H and O–H groups in total. The zero-order valence-corrected chi connectivity index (χ0v) is 19.2. The number of hydrogen-bond acceptors (Lipinski definition) is 7. The molecule has 0 aromatic heterocycles. The Bertz CT molecular complexity index is 752. The summed E-state index contributed by atoms with van der Waals surface area (Å²) in [4.78, 5) is 2.52. The highest BCUT2D eigenvalue weighted by molar-refractivity contribution is 5.35.